The van der Waals surface area contributed by atoms with Crippen LogP contribution in [0, 0.1) is 0 Å². The summed E-state index contributed by atoms with van der Waals surface area (Å²) in [6, 6.07) is 4.34. The highest BCUT2D eigenvalue weighted by Gasteiger charge is 2.10. The molecule has 0 aliphatic heterocycles. The molecule has 0 spiro atoms. The zero-order valence-corrected chi connectivity index (χ0v) is 11.1. The van der Waals surface area contributed by atoms with E-state index in [2.05, 4.69) is 5.32 Å². The number of hydrogen-bond acceptors (Lipinski definition) is 2. The second-order valence-electron chi connectivity index (χ2n) is 3.19. The number of hydrogen-bond donors (Lipinski definition) is 2. The molecule has 1 amide bonds. The second kappa shape index (κ2) is 7.01. The molecule has 0 aliphatic carbocycles. The van der Waals surface area contributed by atoms with Crippen LogP contribution in [0.4, 0.5) is 0 Å². The van der Waals surface area contributed by atoms with Gasteiger partial charge in [-0.15, -0.1) is 0 Å². The summed E-state index contributed by atoms with van der Waals surface area (Å²) < 4.78 is 0. The molecule has 1 atom stereocenters. The van der Waals surface area contributed by atoms with Gasteiger partial charge in [-0.25, -0.2) is 0 Å². The average molecular weight is 282 g/mol. The molecule has 90 valence electrons. The summed E-state index contributed by atoms with van der Waals surface area (Å²) in [5.41, 5.74) is 0.421. The maximum absolute atomic E-state index is 11.6. The number of benzene rings is 1. The lowest BCUT2D eigenvalue weighted by atomic mass is 10.2. The largest absolute Gasteiger partial charge is 0.394 e. The first-order chi connectivity index (χ1) is 7.04. The maximum atomic E-state index is 11.6. The first kappa shape index (κ1) is 15.6. The van der Waals surface area contributed by atoms with Crippen molar-refractivity contribution in [2.24, 2.45) is 0 Å². The molecule has 0 aliphatic rings. The van der Waals surface area contributed by atoms with E-state index < -0.39 is 0 Å². The van der Waals surface area contributed by atoms with Gasteiger partial charge >= 0.3 is 0 Å². The molecule has 0 fully saturated rings. The van der Waals surface area contributed by atoms with Crippen LogP contribution in [0.5, 0.6) is 0 Å². The van der Waals surface area contributed by atoms with Crippen molar-refractivity contribution in [2.45, 2.75) is 13.0 Å². The Hall–Kier alpha value is -0.420. The van der Waals surface area contributed by atoms with Gasteiger partial charge in [-0.1, -0.05) is 23.2 Å². The molecule has 0 bridgehead atoms. The van der Waals surface area contributed by atoms with Gasteiger partial charge in [0.25, 0.3) is 5.91 Å². The molecule has 3 nitrogen and oxygen atoms in total. The first-order valence-electron chi connectivity index (χ1n) is 4.41. The molecule has 2 N–H and O–H groups in total. The highest BCUT2D eigenvalue weighted by atomic mass is 35.5. The molecule has 16 heavy (non-hydrogen) atoms. The normalized spacial score (nSPS) is 11.5. The summed E-state index contributed by atoms with van der Waals surface area (Å²) in [5.74, 6) is -0.282. The van der Waals surface area contributed by atoms with Crippen molar-refractivity contribution in [2.75, 3.05) is 6.61 Å². The molecular weight excluding hydrogens is 269 g/mol. The standard InChI is InChI=1S/C10H11Cl2NO2.H2S/c1-6(5-14)13-10(15)7-2-3-8(11)9(12)4-7;/h2-4,6,14H,5H2,1H3,(H,13,15);1H2/t6-;/m0./s1. The lowest BCUT2D eigenvalue weighted by molar-refractivity contribution is 0.0922. The Morgan fingerprint density at radius 3 is 2.56 bits per heavy atom. The molecule has 0 unspecified atom stereocenters. The van der Waals surface area contributed by atoms with E-state index in [9.17, 15) is 4.79 Å². The van der Waals surface area contributed by atoms with Crippen LogP contribution in [0.3, 0.4) is 0 Å². The van der Waals surface area contributed by atoms with Gasteiger partial charge in [0, 0.05) is 11.6 Å². The summed E-state index contributed by atoms with van der Waals surface area (Å²) in [5, 5.41) is 12.1. The van der Waals surface area contributed by atoms with Crippen molar-refractivity contribution in [3.05, 3.63) is 33.8 Å². The summed E-state index contributed by atoms with van der Waals surface area (Å²) in [6.07, 6.45) is 0. The van der Waals surface area contributed by atoms with Crippen molar-refractivity contribution in [3.63, 3.8) is 0 Å². The smallest absolute Gasteiger partial charge is 0.251 e. The van der Waals surface area contributed by atoms with Crippen LogP contribution >= 0.6 is 36.7 Å². The summed E-state index contributed by atoms with van der Waals surface area (Å²) in [4.78, 5) is 11.6. The van der Waals surface area contributed by atoms with Crippen LogP contribution in [-0.2, 0) is 0 Å². The summed E-state index contributed by atoms with van der Waals surface area (Å²) in [7, 11) is 0. The number of amides is 1. The molecule has 1 aromatic carbocycles. The Morgan fingerprint density at radius 1 is 1.44 bits per heavy atom. The van der Waals surface area contributed by atoms with E-state index in [0.717, 1.165) is 0 Å². The molecule has 0 saturated carbocycles. The highest BCUT2D eigenvalue weighted by Crippen LogP contribution is 2.22. The van der Waals surface area contributed by atoms with Crippen LogP contribution in [0.25, 0.3) is 0 Å². The fraction of sp³-hybridized carbons (Fsp3) is 0.300. The van der Waals surface area contributed by atoms with Crippen LogP contribution in [0.15, 0.2) is 18.2 Å². The average Bonchev–Trinajstić information content (AvgIpc) is 2.21. The van der Waals surface area contributed by atoms with Gasteiger partial charge < -0.3 is 10.4 Å². The van der Waals surface area contributed by atoms with Crippen LogP contribution in [0.1, 0.15) is 17.3 Å². The molecule has 1 aromatic rings. The fourth-order valence-corrected chi connectivity index (χ4v) is 1.29. The predicted molar refractivity (Wildman–Crippen MR) is 70.9 cm³/mol. The number of nitrogens with one attached hydrogen (secondary N) is 1. The number of rotatable bonds is 3. The van der Waals surface area contributed by atoms with Crippen molar-refractivity contribution in [1.29, 1.82) is 0 Å². The molecule has 0 saturated heterocycles. The Bertz CT molecular complexity index is 374. The molecule has 0 heterocycles. The van der Waals surface area contributed by atoms with E-state index in [-0.39, 0.29) is 32.1 Å². The van der Waals surface area contributed by atoms with E-state index >= 15 is 0 Å². The van der Waals surface area contributed by atoms with E-state index in [1.807, 2.05) is 0 Å². The Morgan fingerprint density at radius 2 is 2.06 bits per heavy atom. The summed E-state index contributed by atoms with van der Waals surface area (Å²) in [6.45, 7) is 1.60. The molecule has 6 heteroatoms. The maximum Gasteiger partial charge on any atom is 0.251 e. The third kappa shape index (κ3) is 4.22. The Balaban J connectivity index is 0.00000225. The van der Waals surface area contributed by atoms with Gasteiger partial charge in [0.2, 0.25) is 0 Å². The van der Waals surface area contributed by atoms with Crippen molar-refractivity contribution in [1.82, 2.24) is 5.32 Å². The van der Waals surface area contributed by atoms with Crippen LogP contribution in [0.2, 0.25) is 10.0 Å². The predicted octanol–water partition coefficient (Wildman–Crippen LogP) is 2.22. The number of carbonyl (C=O) groups is 1. The Labute approximate surface area is 111 Å². The van der Waals surface area contributed by atoms with Gasteiger partial charge in [0.15, 0.2) is 0 Å². The third-order valence-electron chi connectivity index (χ3n) is 1.83. The summed E-state index contributed by atoms with van der Waals surface area (Å²) >= 11 is 11.5. The minimum absolute atomic E-state index is 0. The van der Waals surface area contributed by atoms with Gasteiger partial charge in [-0.05, 0) is 25.1 Å². The van der Waals surface area contributed by atoms with Crippen molar-refractivity contribution in [3.8, 4) is 0 Å². The van der Waals surface area contributed by atoms with E-state index in [4.69, 9.17) is 28.3 Å². The van der Waals surface area contributed by atoms with Crippen molar-refractivity contribution >= 4 is 42.6 Å². The number of aliphatic hydroxyl groups is 1. The topological polar surface area (TPSA) is 49.3 Å². The molecule has 0 aromatic heterocycles. The lowest BCUT2D eigenvalue weighted by Crippen LogP contribution is -2.34. The van der Waals surface area contributed by atoms with Crippen LogP contribution in [-0.4, -0.2) is 23.7 Å². The minimum atomic E-state index is -0.285. The fourth-order valence-electron chi connectivity index (χ4n) is 0.990. The SMILES string of the molecule is C[C@@H](CO)NC(=O)c1ccc(Cl)c(Cl)c1.S. The highest BCUT2D eigenvalue weighted by molar-refractivity contribution is 7.59. The zero-order chi connectivity index (χ0) is 11.4. The molecular formula is C10H13Cl2NO2S. The second-order valence-corrected chi connectivity index (χ2v) is 4.00. The van der Waals surface area contributed by atoms with Gasteiger partial charge in [0.05, 0.1) is 16.7 Å². The monoisotopic (exact) mass is 281 g/mol. The lowest BCUT2D eigenvalue weighted by Gasteiger charge is -2.10. The van der Waals surface area contributed by atoms with E-state index in [1.54, 1.807) is 19.1 Å². The minimum Gasteiger partial charge on any atom is -0.394 e. The number of carbonyl (C=O) groups excluding carboxylic acids is 1. The van der Waals surface area contributed by atoms with Gasteiger partial charge in [-0.3, -0.25) is 4.79 Å². The number of aliphatic hydroxyl groups excluding tert-OH is 1. The van der Waals surface area contributed by atoms with Gasteiger partial charge in [0.1, 0.15) is 0 Å². The molecule has 0 radical (unpaired) electrons. The van der Waals surface area contributed by atoms with Crippen LogP contribution < -0.4 is 5.32 Å². The Kier molecular flexibility index (Phi) is 6.83. The quantitative estimate of drug-likeness (QED) is 0.893. The van der Waals surface area contributed by atoms with Crippen molar-refractivity contribution < 1.29 is 9.90 Å². The van der Waals surface area contributed by atoms with E-state index in [0.29, 0.717) is 15.6 Å². The van der Waals surface area contributed by atoms with Gasteiger partial charge in [-0.2, -0.15) is 13.5 Å². The van der Waals surface area contributed by atoms with E-state index in [1.165, 1.54) is 6.07 Å². The number of halogens is 2. The molecule has 1 rings (SSSR count). The first-order valence-corrected chi connectivity index (χ1v) is 5.17. The third-order valence-corrected chi connectivity index (χ3v) is 2.57. The zero-order valence-electron chi connectivity index (χ0n) is 8.63.